The normalized spacial score (nSPS) is 10.6. The molecule has 0 aromatic heterocycles. The van der Waals surface area contributed by atoms with Gasteiger partial charge in [-0.25, -0.2) is 14.4 Å². The van der Waals surface area contributed by atoms with E-state index < -0.39 is 11.9 Å². The van der Waals surface area contributed by atoms with Crippen LogP contribution in [0.1, 0.15) is 65.0 Å². The van der Waals surface area contributed by atoms with Gasteiger partial charge in [0, 0.05) is 29.6 Å². The van der Waals surface area contributed by atoms with Crippen molar-refractivity contribution in [2.24, 2.45) is 0 Å². The van der Waals surface area contributed by atoms with E-state index in [9.17, 15) is 14.4 Å². The molecule has 8 heteroatoms. The highest BCUT2D eigenvalue weighted by Crippen LogP contribution is 2.36. The minimum absolute atomic E-state index is 0.254. The summed E-state index contributed by atoms with van der Waals surface area (Å²) >= 11 is 0. The number of benzene rings is 3. The van der Waals surface area contributed by atoms with Gasteiger partial charge in [0.05, 0.1) is 26.4 Å². The van der Waals surface area contributed by atoms with Crippen molar-refractivity contribution >= 4 is 17.9 Å². The number of hydrogen-bond donors (Lipinski definition) is 0. The third-order valence-corrected chi connectivity index (χ3v) is 7.64. The van der Waals surface area contributed by atoms with Gasteiger partial charge in [-0.2, -0.15) is 0 Å². The van der Waals surface area contributed by atoms with Crippen molar-refractivity contribution in [3.63, 3.8) is 0 Å². The highest BCUT2D eigenvalue weighted by molar-refractivity contribution is 5.89. The van der Waals surface area contributed by atoms with Gasteiger partial charge >= 0.3 is 17.9 Å². The molecule has 0 spiro atoms. The van der Waals surface area contributed by atoms with Gasteiger partial charge in [0.15, 0.2) is 0 Å². The van der Waals surface area contributed by atoms with E-state index >= 15 is 0 Å². The van der Waals surface area contributed by atoms with Crippen molar-refractivity contribution < 1.29 is 38.1 Å². The van der Waals surface area contributed by atoms with E-state index in [-0.39, 0.29) is 19.2 Å². The maximum atomic E-state index is 12.5. The Hall–Kier alpha value is -5.11. The highest BCUT2D eigenvalue weighted by Gasteiger charge is 2.14. The van der Waals surface area contributed by atoms with Crippen LogP contribution in [0.2, 0.25) is 0 Å². The van der Waals surface area contributed by atoms with Crippen LogP contribution in [0.3, 0.4) is 0 Å². The zero-order valence-electron chi connectivity index (χ0n) is 29.4. The van der Waals surface area contributed by atoms with Crippen LogP contribution in [0, 0.1) is 0 Å². The zero-order chi connectivity index (χ0) is 35.9. The molecule has 3 aromatic rings. The molecule has 0 aliphatic heterocycles. The van der Waals surface area contributed by atoms with Crippen LogP contribution in [0.15, 0.2) is 91.1 Å². The molecule has 0 heterocycles. The molecule has 3 rings (SSSR count). The minimum atomic E-state index is -0.502. The van der Waals surface area contributed by atoms with Crippen molar-refractivity contribution in [1.82, 2.24) is 0 Å². The van der Waals surface area contributed by atoms with Gasteiger partial charge in [-0.1, -0.05) is 52.6 Å². The molecule has 0 unspecified atom stereocenters. The maximum Gasteiger partial charge on any atom is 0.338 e. The van der Waals surface area contributed by atoms with Crippen molar-refractivity contribution in [3.05, 3.63) is 102 Å². The lowest BCUT2D eigenvalue weighted by Gasteiger charge is -2.16. The highest BCUT2D eigenvalue weighted by atomic mass is 16.5. The molecule has 0 bridgehead atoms. The molecule has 0 saturated carbocycles. The zero-order valence-corrected chi connectivity index (χ0v) is 29.4. The van der Waals surface area contributed by atoms with Gasteiger partial charge in [0.1, 0.15) is 17.2 Å². The number of hydrogen-bond acceptors (Lipinski definition) is 8. The van der Waals surface area contributed by atoms with Crippen LogP contribution in [0.5, 0.6) is 17.2 Å². The number of rotatable bonds is 19. The monoisotopic (exact) mass is 668 g/mol. The molecule has 49 heavy (non-hydrogen) atoms. The molecule has 8 nitrogen and oxygen atoms in total. The van der Waals surface area contributed by atoms with Crippen LogP contribution in [0.25, 0.3) is 22.3 Å². The Morgan fingerprint density at radius 2 is 1.04 bits per heavy atom. The van der Waals surface area contributed by atoms with Crippen molar-refractivity contribution in [3.8, 4) is 39.5 Å². The largest absolute Gasteiger partial charge is 0.493 e. The van der Waals surface area contributed by atoms with Crippen molar-refractivity contribution in [1.29, 1.82) is 0 Å². The van der Waals surface area contributed by atoms with Gasteiger partial charge in [0.25, 0.3) is 0 Å². The van der Waals surface area contributed by atoms with Gasteiger partial charge in [0.2, 0.25) is 0 Å². The fourth-order valence-electron chi connectivity index (χ4n) is 4.72. The molecule has 0 aliphatic carbocycles. The van der Waals surface area contributed by atoms with E-state index in [4.69, 9.17) is 23.7 Å². The molecule has 0 amide bonds. The first-order chi connectivity index (χ1) is 23.5. The molecular weight excluding hydrogens is 620 g/mol. The molecule has 3 aromatic carbocycles. The number of carbonyl (C=O) groups is 3. The molecule has 0 radical (unpaired) electrons. The second-order valence-corrected chi connectivity index (χ2v) is 11.7. The third kappa shape index (κ3) is 11.5. The summed E-state index contributed by atoms with van der Waals surface area (Å²) in [4.78, 5) is 36.0. The van der Waals surface area contributed by atoms with Crippen molar-refractivity contribution in [2.75, 3.05) is 26.4 Å². The minimum Gasteiger partial charge on any atom is -0.493 e. The van der Waals surface area contributed by atoms with Gasteiger partial charge in [-0.3, -0.25) is 0 Å². The summed E-state index contributed by atoms with van der Waals surface area (Å²) in [6.07, 6.45) is 3.15. The Morgan fingerprint density at radius 3 is 1.47 bits per heavy atom. The van der Waals surface area contributed by atoms with Gasteiger partial charge in [-0.05, 0) is 109 Å². The SMILES string of the molecule is C=C(C)C(=O)OCCCOc1ccc(-c2cc(OC(=O)C(=C)C)cc(-c3ccc(OCCCOC(=O)C(=C)CC)c(CC)c3)c2)cc1CC. The third-order valence-electron chi connectivity index (χ3n) is 7.64. The second kappa shape index (κ2) is 19.0. The summed E-state index contributed by atoms with van der Waals surface area (Å²) in [5.41, 5.74) is 6.77. The number of esters is 3. The summed E-state index contributed by atoms with van der Waals surface area (Å²) in [6.45, 7) is 21.5. The first-order valence-corrected chi connectivity index (χ1v) is 16.7. The Bertz CT molecular complexity index is 1680. The Labute approximate surface area is 290 Å². The fraction of sp³-hybridized carbons (Fsp3) is 0.341. The summed E-state index contributed by atoms with van der Waals surface area (Å²) in [5.74, 6) is 0.644. The van der Waals surface area contributed by atoms with E-state index in [1.165, 1.54) is 0 Å². The average molecular weight is 669 g/mol. The van der Waals surface area contributed by atoms with Gasteiger partial charge in [-0.15, -0.1) is 0 Å². The van der Waals surface area contributed by atoms with E-state index in [1.807, 2.05) is 43.3 Å². The fourth-order valence-corrected chi connectivity index (χ4v) is 4.72. The molecule has 0 N–H and O–H groups in total. The van der Waals surface area contributed by atoms with Crippen LogP contribution >= 0.6 is 0 Å². The molecular formula is C41H48O8. The average Bonchev–Trinajstić information content (AvgIpc) is 3.10. The predicted molar refractivity (Wildman–Crippen MR) is 193 cm³/mol. The Balaban J connectivity index is 1.83. The second-order valence-electron chi connectivity index (χ2n) is 11.7. The smallest absolute Gasteiger partial charge is 0.338 e. The summed E-state index contributed by atoms with van der Waals surface area (Å²) in [7, 11) is 0. The number of carbonyl (C=O) groups excluding carboxylic acids is 3. The van der Waals surface area contributed by atoms with E-state index in [2.05, 4.69) is 51.8 Å². The molecule has 260 valence electrons. The predicted octanol–water partition coefficient (Wildman–Crippen LogP) is 8.79. The summed E-state index contributed by atoms with van der Waals surface area (Å²) < 4.78 is 28.2. The number of ether oxygens (including phenoxy) is 5. The van der Waals surface area contributed by atoms with E-state index in [1.54, 1.807) is 13.8 Å². The topological polar surface area (TPSA) is 97.4 Å². The molecule has 0 saturated heterocycles. The van der Waals surface area contributed by atoms with E-state index in [0.717, 1.165) is 57.7 Å². The molecule has 0 atom stereocenters. The first kappa shape index (κ1) is 38.3. The van der Waals surface area contributed by atoms with Crippen LogP contribution < -0.4 is 14.2 Å². The Kier molecular flexibility index (Phi) is 14.9. The summed E-state index contributed by atoms with van der Waals surface area (Å²) in [5, 5.41) is 0. The quantitative estimate of drug-likeness (QED) is 0.0541. The Morgan fingerprint density at radius 1 is 0.571 bits per heavy atom. The van der Waals surface area contributed by atoms with Crippen LogP contribution in [-0.4, -0.2) is 44.3 Å². The molecule has 0 fully saturated rings. The molecule has 0 aliphatic rings. The van der Waals surface area contributed by atoms with E-state index in [0.29, 0.717) is 54.9 Å². The first-order valence-electron chi connectivity index (χ1n) is 16.7. The lowest BCUT2D eigenvalue weighted by molar-refractivity contribution is -0.140. The number of aryl methyl sites for hydroxylation is 2. The van der Waals surface area contributed by atoms with Crippen LogP contribution in [-0.2, 0) is 36.7 Å². The van der Waals surface area contributed by atoms with Crippen molar-refractivity contribution in [2.45, 2.75) is 66.7 Å². The lowest BCUT2D eigenvalue weighted by atomic mass is 9.95. The standard InChI is InChI=1S/C41H48O8/c1-9-29(8)41(44)48-21-13-19-46-38-17-15-33(23-31(38)11-3)35-24-34(25-36(26-35)49-40(43)28(6)7)32-14-16-37(30(10-2)22-32)45-18-12-20-47-39(42)27(4)5/h14-17,22-26H,4,6,8-13,18-21H2,1-3,5,7H3. The maximum absolute atomic E-state index is 12.5. The lowest BCUT2D eigenvalue weighted by Crippen LogP contribution is -2.10. The van der Waals surface area contributed by atoms with Crippen LogP contribution in [0.4, 0.5) is 0 Å². The van der Waals surface area contributed by atoms with Gasteiger partial charge < -0.3 is 23.7 Å². The summed E-state index contributed by atoms with van der Waals surface area (Å²) in [6, 6.07) is 17.7.